The number of carbonyl (C=O) groups is 1. The van der Waals surface area contributed by atoms with Gasteiger partial charge in [-0.05, 0) is 54.0 Å². The number of carbonyl (C=O) groups excluding carboxylic acids is 1. The molecule has 1 aliphatic heterocycles. The summed E-state index contributed by atoms with van der Waals surface area (Å²) < 4.78 is 5.51. The average Bonchev–Trinajstić information content (AvgIpc) is 3.11. The molecule has 1 saturated carbocycles. The van der Waals surface area contributed by atoms with Crippen molar-refractivity contribution >= 4 is 6.09 Å². The number of ether oxygens (including phenoxy) is 1. The number of hydrogen-bond donors (Lipinski definition) is 1. The predicted molar refractivity (Wildman–Crippen MR) is 84.5 cm³/mol. The molecule has 122 valence electrons. The number of amides is 1. The Morgan fingerprint density at radius 2 is 2.05 bits per heavy atom. The van der Waals surface area contributed by atoms with Crippen molar-refractivity contribution in [1.82, 2.24) is 15.1 Å². The molecule has 5 nitrogen and oxygen atoms in total. The van der Waals surface area contributed by atoms with Crippen LogP contribution in [0.1, 0.15) is 47.0 Å². The molecular formula is C16H31N3O2. The van der Waals surface area contributed by atoms with Crippen LogP contribution in [0, 0.1) is 0 Å². The maximum Gasteiger partial charge on any atom is 0.410 e. The number of nitrogens with zero attached hydrogens (tertiary/aromatic N) is 2. The van der Waals surface area contributed by atoms with E-state index in [1.54, 1.807) is 0 Å². The van der Waals surface area contributed by atoms with Crippen molar-refractivity contribution in [3.63, 3.8) is 0 Å². The summed E-state index contributed by atoms with van der Waals surface area (Å²) in [5, 5.41) is 3.58. The minimum absolute atomic E-state index is 0.163. The van der Waals surface area contributed by atoms with Gasteiger partial charge in [0.1, 0.15) is 5.60 Å². The molecule has 2 aliphatic rings. The van der Waals surface area contributed by atoms with E-state index < -0.39 is 5.60 Å². The Morgan fingerprint density at radius 3 is 2.52 bits per heavy atom. The molecule has 1 heterocycles. The summed E-state index contributed by atoms with van der Waals surface area (Å²) in [6.45, 7) is 10.7. The third kappa shape index (κ3) is 5.15. The Labute approximate surface area is 129 Å². The Balaban J connectivity index is 1.75. The summed E-state index contributed by atoms with van der Waals surface area (Å²) in [6, 6.07) is 1.59. The first-order valence-electron chi connectivity index (χ1n) is 8.19. The molecule has 2 fully saturated rings. The number of rotatable bonds is 5. The van der Waals surface area contributed by atoms with Crippen LogP contribution in [-0.4, -0.2) is 66.3 Å². The van der Waals surface area contributed by atoms with Gasteiger partial charge >= 0.3 is 6.09 Å². The van der Waals surface area contributed by atoms with Crippen LogP contribution in [0.3, 0.4) is 0 Å². The number of nitrogens with one attached hydrogen (secondary N) is 1. The minimum Gasteiger partial charge on any atom is -0.444 e. The van der Waals surface area contributed by atoms with Crippen LogP contribution in [0.15, 0.2) is 0 Å². The van der Waals surface area contributed by atoms with E-state index in [4.69, 9.17) is 4.74 Å². The topological polar surface area (TPSA) is 44.8 Å². The SMILES string of the molecule is CC1CC(NCCN(C(=O)OC(C)(C)C)C2CC2)CN1C. The average molecular weight is 297 g/mol. The van der Waals surface area contributed by atoms with Crippen molar-refractivity contribution in [2.45, 2.75) is 70.7 Å². The molecule has 1 amide bonds. The van der Waals surface area contributed by atoms with Crippen molar-refractivity contribution in [3.8, 4) is 0 Å². The number of likely N-dealkylation sites (N-methyl/N-ethyl adjacent to an activating group) is 1. The Hall–Kier alpha value is -0.810. The van der Waals surface area contributed by atoms with Crippen molar-refractivity contribution in [2.75, 3.05) is 26.7 Å². The lowest BCUT2D eigenvalue weighted by molar-refractivity contribution is 0.0235. The lowest BCUT2D eigenvalue weighted by atomic mass is 10.2. The highest BCUT2D eigenvalue weighted by molar-refractivity contribution is 5.69. The summed E-state index contributed by atoms with van der Waals surface area (Å²) in [4.78, 5) is 16.5. The van der Waals surface area contributed by atoms with Gasteiger partial charge in [-0.25, -0.2) is 4.79 Å². The van der Waals surface area contributed by atoms with Crippen molar-refractivity contribution in [2.24, 2.45) is 0 Å². The van der Waals surface area contributed by atoms with Crippen molar-refractivity contribution < 1.29 is 9.53 Å². The molecular weight excluding hydrogens is 266 g/mol. The van der Waals surface area contributed by atoms with Crippen LogP contribution in [-0.2, 0) is 4.74 Å². The lowest BCUT2D eigenvalue weighted by Crippen LogP contribution is -2.43. The minimum atomic E-state index is -0.415. The Bertz CT molecular complexity index is 353. The third-order valence-corrected chi connectivity index (χ3v) is 4.29. The summed E-state index contributed by atoms with van der Waals surface area (Å²) in [5.41, 5.74) is -0.415. The van der Waals surface area contributed by atoms with E-state index in [1.165, 1.54) is 6.42 Å². The molecule has 0 bridgehead atoms. The van der Waals surface area contributed by atoms with E-state index in [0.29, 0.717) is 18.1 Å². The standard InChI is InChI=1S/C16H31N3O2/c1-12-10-13(11-18(12)5)17-8-9-19(14-6-7-14)15(20)21-16(2,3)4/h12-14,17H,6-11H2,1-5H3. The first-order chi connectivity index (χ1) is 9.76. The first kappa shape index (κ1) is 16.6. The van der Waals surface area contributed by atoms with Crippen molar-refractivity contribution in [1.29, 1.82) is 0 Å². The highest BCUT2D eigenvalue weighted by Gasteiger charge is 2.35. The maximum atomic E-state index is 12.2. The number of likely N-dealkylation sites (tertiary alicyclic amines) is 1. The summed E-state index contributed by atoms with van der Waals surface area (Å²) in [6.07, 6.45) is 3.25. The first-order valence-corrected chi connectivity index (χ1v) is 8.19. The van der Waals surface area contributed by atoms with E-state index in [9.17, 15) is 4.79 Å². The van der Waals surface area contributed by atoms with Crippen LogP contribution in [0.2, 0.25) is 0 Å². The zero-order chi connectivity index (χ0) is 15.6. The molecule has 1 aliphatic carbocycles. The summed E-state index contributed by atoms with van der Waals surface area (Å²) >= 11 is 0. The van der Waals surface area contributed by atoms with Crippen LogP contribution >= 0.6 is 0 Å². The zero-order valence-corrected chi connectivity index (χ0v) is 14.2. The smallest absolute Gasteiger partial charge is 0.410 e. The molecule has 2 atom stereocenters. The molecule has 2 unspecified atom stereocenters. The fourth-order valence-corrected chi connectivity index (χ4v) is 2.86. The van der Waals surface area contributed by atoms with E-state index in [1.807, 2.05) is 25.7 Å². The molecule has 2 rings (SSSR count). The molecule has 0 spiro atoms. The van der Waals surface area contributed by atoms with Gasteiger partial charge in [0, 0.05) is 37.8 Å². The van der Waals surface area contributed by atoms with Gasteiger partial charge in [-0.2, -0.15) is 0 Å². The fraction of sp³-hybridized carbons (Fsp3) is 0.938. The Morgan fingerprint density at radius 1 is 1.38 bits per heavy atom. The van der Waals surface area contributed by atoms with Crippen molar-refractivity contribution in [3.05, 3.63) is 0 Å². The van der Waals surface area contributed by atoms with Crippen LogP contribution in [0.25, 0.3) is 0 Å². The van der Waals surface area contributed by atoms with Gasteiger partial charge in [0.2, 0.25) is 0 Å². The fourth-order valence-electron chi connectivity index (χ4n) is 2.86. The molecule has 0 radical (unpaired) electrons. The third-order valence-electron chi connectivity index (χ3n) is 4.29. The second-order valence-corrected chi connectivity index (χ2v) is 7.58. The number of hydrogen-bond acceptors (Lipinski definition) is 4. The van der Waals surface area contributed by atoms with E-state index in [0.717, 1.165) is 32.5 Å². The van der Waals surface area contributed by atoms with Gasteiger partial charge < -0.3 is 19.9 Å². The second kappa shape index (κ2) is 6.53. The summed E-state index contributed by atoms with van der Waals surface area (Å²) in [5.74, 6) is 0. The molecule has 1 N–H and O–H groups in total. The molecule has 0 aromatic heterocycles. The largest absolute Gasteiger partial charge is 0.444 e. The van der Waals surface area contributed by atoms with Gasteiger partial charge in [-0.15, -0.1) is 0 Å². The monoisotopic (exact) mass is 297 g/mol. The quantitative estimate of drug-likeness (QED) is 0.844. The van der Waals surface area contributed by atoms with E-state index in [2.05, 4.69) is 24.2 Å². The highest BCUT2D eigenvalue weighted by Crippen LogP contribution is 2.28. The zero-order valence-electron chi connectivity index (χ0n) is 14.2. The molecule has 5 heteroatoms. The molecule has 0 aromatic rings. The van der Waals surface area contributed by atoms with Crippen LogP contribution < -0.4 is 5.32 Å². The van der Waals surface area contributed by atoms with E-state index in [-0.39, 0.29) is 6.09 Å². The maximum absolute atomic E-state index is 12.2. The lowest BCUT2D eigenvalue weighted by Gasteiger charge is -2.28. The van der Waals surface area contributed by atoms with Gasteiger partial charge in [0.25, 0.3) is 0 Å². The van der Waals surface area contributed by atoms with E-state index >= 15 is 0 Å². The predicted octanol–water partition coefficient (Wildman–Crippen LogP) is 2.07. The summed E-state index contributed by atoms with van der Waals surface area (Å²) in [7, 11) is 2.17. The van der Waals surface area contributed by atoms with Gasteiger partial charge in [0.05, 0.1) is 0 Å². The van der Waals surface area contributed by atoms with Crippen LogP contribution in [0.4, 0.5) is 4.79 Å². The molecule has 21 heavy (non-hydrogen) atoms. The van der Waals surface area contributed by atoms with Gasteiger partial charge in [0.15, 0.2) is 0 Å². The van der Waals surface area contributed by atoms with Gasteiger partial charge in [-0.3, -0.25) is 0 Å². The normalized spacial score (nSPS) is 26.9. The second-order valence-electron chi connectivity index (χ2n) is 7.58. The Kier molecular flexibility index (Phi) is 5.15. The van der Waals surface area contributed by atoms with Crippen LogP contribution in [0.5, 0.6) is 0 Å². The molecule has 0 aromatic carbocycles. The van der Waals surface area contributed by atoms with Gasteiger partial charge in [-0.1, -0.05) is 0 Å². The highest BCUT2D eigenvalue weighted by atomic mass is 16.6. The molecule has 1 saturated heterocycles.